The number of halogens is 1. The van der Waals surface area contributed by atoms with Crippen molar-refractivity contribution < 1.29 is 9.53 Å². The zero-order valence-electron chi connectivity index (χ0n) is 14.2. The molecule has 0 unspecified atom stereocenters. The molecular weight excluding hydrogens is 308 g/mol. The van der Waals surface area contributed by atoms with Gasteiger partial charge in [-0.05, 0) is 73.2 Å². The summed E-state index contributed by atoms with van der Waals surface area (Å²) in [7, 11) is 0. The molecule has 0 saturated heterocycles. The van der Waals surface area contributed by atoms with Crippen molar-refractivity contribution in [3.8, 4) is 0 Å². The number of ether oxygens (including phenoxy) is 1. The van der Waals surface area contributed by atoms with Gasteiger partial charge in [-0.3, -0.25) is 4.79 Å². The predicted octanol–water partition coefficient (Wildman–Crippen LogP) is 5.62. The van der Waals surface area contributed by atoms with E-state index in [4.69, 9.17) is 16.3 Å². The molecule has 1 aliphatic carbocycles. The van der Waals surface area contributed by atoms with Crippen LogP contribution in [-0.2, 0) is 11.2 Å². The molecule has 0 aliphatic heterocycles. The van der Waals surface area contributed by atoms with Crippen LogP contribution in [0.1, 0.15) is 67.8 Å². The lowest BCUT2D eigenvalue weighted by atomic mass is 9.80. The van der Waals surface area contributed by atoms with Crippen molar-refractivity contribution in [2.45, 2.75) is 58.3 Å². The van der Waals surface area contributed by atoms with E-state index in [9.17, 15) is 4.79 Å². The number of carbonyl (C=O) groups excluding carboxylic acids is 1. The SMILES string of the molecule is CCCCOCC1CCC(CCc2ccc(C(=O)Cl)cc2)CC1. The highest BCUT2D eigenvalue weighted by molar-refractivity contribution is 6.67. The van der Waals surface area contributed by atoms with Gasteiger partial charge in [0.2, 0.25) is 0 Å². The number of aryl methyl sites for hydroxylation is 1. The van der Waals surface area contributed by atoms with Gasteiger partial charge in [0.1, 0.15) is 0 Å². The fraction of sp³-hybridized carbons (Fsp3) is 0.650. The summed E-state index contributed by atoms with van der Waals surface area (Å²) in [6.07, 6.45) is 10.0. The molecule has 2 rings (SSSR count). The van der Waals surface area contributed by atoms with Crippen LogP contribution in [0.25, 0.3) is 0 Å². The van der Waals surface area contributed by atoms with Crippen LogP contribution in [0.5, 0.6) is 0 Å². The van der Waals surface area contributed by atoms with E-state index >= 15 is 0 Å². The molecule has 1 aliphatic rings. The Morgan fingerprint density at radius 1 is 1.13 bits per heavy atom. The molecule has 1 aromatic carbocycles. The zero-order chi connectivity index (χ0) is 16.5. The molecule has 0 aromatic heterocycles. The van der Waals surface area contributed by atoms with Crippen molar-refractivity contribution in [3.63, 3.8) is 0 Å². The van der Waals surface area contributed by atoms with Crippen molar-refractivity contribution in [2.75, 3.05) is 13.2 Å². The van der Waals surface area contributed by atoms with E-state index in [1.807, 2.05) is 24.3 Å². The Bertz CT molecular complexity index is 461. The van der Waals surface area contributed by atoms with Crippen molar-refractivity contribution in [1.82, 2.24) is 0 Å². The normalized spacial score (nSPS) is 21.3. The van der Waals surface area contributed by atoms with Gasteiger partial charge in [-0.15, -0.1) is 0 Å². The molecular formula is C20H29ClO2. The second kappa shape index (κ2) is 10.1. The van der Waals surface area contributed by atoms with E-state index in [1.54, 1.807) is 0 Å². The van der Waals surface area contributed by atoms with Crippen LogP contribution in [0.4, 0.5) is 0 Å². The number of unbranched alkanes of at least 4 members (excludes halogenated alkanes) is 1. The van der Waals surface area contributed by atoms with Crippen molar-refractivity contribution in [2.24, 2.45) is 11.8 Å². The summed E-state index contributed by atoms with van der Waals surface area (Å²) >= 11 is 5.47. The van der Waals surface area contributed by atoms with E-state index in [2.05, 4.69) is 6.92 Å². The molecule has 0 amide bonds. The van der Waals surface area contributed by atoms with Gasteiger partial charge in [-0.2, -0.15) is 0 Å². The van der Waals surface area contributed by atoms with Gasteiger partial charge in [0.25, 0.3) is 5.24 Å². The average molecular weight is 337 g/mol. The standard InChI is InChI=1S/C20H29ClO2/c1-2-3-14-23-15-18-8-6-16(7-9-18)4-5-17-10-12-19(13-11-17)20(21)22/h10-13,16,18H,2-9,14-15H2,1H3. The third kappa shape index (κ3) is 6.64. The van der Waals surface area contributed by atoms with E-state index in [0.29, 0.717) is 5.56 Å². The molecule has 128 valence electrons. The maximum absolute atomic E-state index is 11.1. The minimum atomic E-state index is -0.379. The van der Waals surface area contributed by atoms with Crippen LogP contribution in [0.15, 0.2) is 24.3 Å². The molecule has 0 spiro atoms. The third-order valence-corrected chi connectivity index (χ3v) is 5.20. The van der Waals surface area contributed by atoms with Crippen molar-refractivity contribution in [3.05, 3.63) is 35.4 Å². The molecule has 3 heteroatoms. The van der Waals surface area contributed by atoms with E-state index in [0.717, 1.165) is 31.5 Å². The molecule has 0 N–H and O–H groups in total. The summed E-state index contributed by atoms with van der Waals surface area (Å²) in [6, 6.07) is 7.72. The first-order valence-electron chi connectivity index (χ1n) is 9.05. The summed E-state index contributed by atoms with van der Waals surface area (Å²) in [6.45, 7) is 4.09. The number of carbonyl (C=O) groups is 1. The van der Waals surface area contributed by atoms with Gasteiger partial charge in [0.15, 0.2) is 0 Å². The largest absolute Gasteiger partial charge is 0.381 e. The molecule has 1 saturated carbocycles. The van der Waals surface area contributed by atoms with Crippen LogP contribution >= 0.6 is 11.6 Å². The van der Waals surface area contributed by atoms with Crippen molar-refractivity contribution in [1.29, 1.82) is 0 Å². The monoisotopic (exact) mass is 336 g/mol. The van der Waals surface area contributed by atoms with Crippen LogP contribution in [0.2, 0.25) is 0 Å². The second-order valence-corrected chi connectivity index (χ2v) is 7.17. The van der Waals surface area contributed by atoms with Crippen molar-refractivity contribution >= 4 is 16.8 Å². The Labute approximate surface area is 145 Å². The molecule has 0 bridgehead atoms. The second-order valence-electron chi connectivity index (χ2n) is 6.82. The quantitative estimate of drug-likeness (QED) is 0.432. The fourth-order valence-electron chi connectivity index (χ4n) is 3.36. The van der Waals surface area contributed by atoms with E-state index < -0.39 is 0 Å². The zero-order valence-corrected chi connectivity index (χ0v) is 15.0. The molecule has 23 heavy (non-hydrogen) atoms. The lowest BCUT2D eigenvalue weighted by Crippen LogP contribution is -2.19. The first-order chi connectivity index (χ1) is 11.2. The summed E-state index contributed by atoms with van der Waals surface area (Å²) in [5.74, 6) is 1.62. The highest BCUT2D eigenvalue weighted by Gasteiger charge is 2.21. The molecule has 0 heterocycles. The Morgan fingerprint density at radius 2 is 1.78 bits per heavy atom. The molecule has 0 atom stereocenters. The summed E-state index contributed by atoms with van der Waals surface area (Å²) in [5, 5.41) is -0.379. The average Bonchev–Trinajstić information content (AvgIpc) is 2.58. The van der Waals surface area contributed by atoms with Gasteiger partial charge in [0, 0.05) is 18.8 Å². The number of rotatable bonds is 9. The van der Waals surface area contributed by atoms with Gasteiger partial charge in [-0.25, -0.2) is 0 Å². The van der Waals surface area contributed by atoms with Gasteiger partial charge in [0.05, 0.1) is 0 Å². The van der Waals surface area contributed by atoms with Crippen LogP contribution in [-0.4, -0.2) is 18.5 Å². The Hall–Kier alpha value is -0.860. The van der Waals surface area contributed by atoms with Gasteiger partial charge < -0.3 is 4.74 Å². The van der Waals surface area contributed by atoms with Crippen LogP contribution < -0.4 is 0 Å². The van der Waals surface area contributed by atoms with Gasteiger partial charge >= 0.3 is 0 Å². The van der Waals surface area contributed by atoms with Crippen LogP contribution in [0.3, 0.4) is 0 Å². The number of hydrogen-bond donors (Lipinski definition) is 0. The number of hydrogen-bond acceptors (Lipinski definition) is 2. The first kappa shape index (κ1) is 18.5. The summed E-state index contributed by atoms with van der Waals surface area (Å²) in [4.78, 5) is 11.1. The van der Waals surface area contributed by atoms with E-state index in [-0.39, 0.29) is 5.24 Å². The van der Waals surface area contributed by atoms with Gasteiger partial charge in [-0.1, -0.05) is 38.3 Å². The highest BCUT2D eigenvalue weighted by atomic mass is 35.5. The molecule has 0 radical (unpaired) electrons. The summed E-state index contributed by atoms with van der Waals surface area (Å²) in [5.41, 5.74) is 1.88. The lowest BCUT2D eigenvalue weighted by Gasteiger charge is -2.28. The Kier molecular flexibility index (Phi) is 8.11. The third-order valence-electron chi connectivity index (χ3n) is 4.98. The van der Waals surface area contributed by atoms with Crippen LogP contribution in [0, 0.1) is 11.8 Å². The topological polar surface area (TPSA) is 26.3 Å². The minimum Gasteiger partial charge on any atom is -0.381 e. The first-order valence-corrected chi connectivity index (χ1v) is 9.43. The Balaban J connectivity index is 1.63. The maximum atomic E-state index is 11.1. The molecule has 1 aromatic rings. The molecule has 2 nitrogen and oxygen atoms in total. The Morgan fingerprint density at radius 3 is 2.39 bits per heavy atom. The van der Waals surface area contributed by atoms with E-state index in [1.165, 1.54) is 50.5 Å². The minimum absolute atomic E-state index is 0.379. The maximum Gasteiger partial charge on any atom is 0.252 e. The summed E-state index contributed by atoms with van der Waals surface area (Å²) < 4.78 is 5.77. The smallest absolute Gasteiger partial charge is 0.252 e. The fourth-order valence-corrected chi connectivity index (χ4v) is 3.48. The number of benzene rings is 1. The molecule has 1 fully saturated rings. The highest BCUT2D eigenvalue weighted by Crippen LogP contribution is 2.31. The predicted molar refractivity (Wildman–Crippen MR) is 96.1 cm³/mol. The lowest BCUT2D eigenvalue weighted by molar-refractivity contribution is 0.0752.